The van der Waals surface area contributed by atoms with Crippen LogP contribution in [0.5, 0.6) is 0 Å². The smallest absolute Gasteiger partial charge is 0.324 e. The molecule has 0 unspecified atom stereocenters. The molecule has 4 fully saturated rings. The second kappa shape index (κ2) is 9.41. The van der Waals surface area contributed by atoms with Crippen molar-refractivity contribution in [3.05, 3.63) is 23.9 Å². The molecule has 172 valence electrons. The number of hydrogen-bond donors (Lipinski definition) is 1. The molecule has 3 amide bonds. The summed E-state index contributed by atoms with van der Waals surface area (Å²) in [5, 5.41) is 7.79. The van der Waals surface area contributed by atoms with Crippen LogP contribution in [-0.4, -0.2) is 93.9 Å². The molecule has 0 aliphatic carbocycles. The number of amides is 3. The number of carbonyl (C=O) groups is 3. The number of nitrogens with zero attached hydrogens (tertiary/aromatic N) is 5. The number of urea groups is 1. The molecule has 32 heavy (non-hydrogen) atoms. The number of hydrogen-bond acceptors (Lipinski definition) is 6. The fourth-order valence-electron chi connectivity index (χ4n) is 4.81. The molecule has 4 aliphatic rings. The molecule has 4 saturated heterocycles. The second-order valence-corrected chi connectivity index (χ2v) is 9.41. The lowest BCUT2D eigenvalue weighted by Crippen LogP contribution is -2.41. The number of carbonyl (C=O) groups excluding carboxylic acids is 2. The number of benzene rings is 1. The van der Waals surface area contributed by atoms with Gasteiger partial charge in [-0.25, -0.2) is 4.79 Å². The molecule has 10 heteroatoms. The first kappa shape index (κ1) is 22.5. The van der Waals surface area contributed by atoms with Crippen molar-refractivity contribution >= 4 is 45.7 Å². The Morgan fingerprint density at radius 2 is 1.88 bits per heavy atom. The fourth-order valence-corrected chi connectivity index (χ4v) is 5.61. The number of carboxylic acid groups (broad SMARTS) is 1. The van der Waals surface area contributed by atoms with Gasteiger partial charge in [0.1, 0.15) is 5.69 Å². The van der Waals surface area contributed by atoms with E-state index in [2.05, 4.69) is 9.27 Å². The van der Waals surface area contributed by atoms with Crippen molar-refractivity contribution in [3.63, 3.8) is 0 Å². The number of aromatic nitrogens is 1. The zero-order valence-electron chi connectivity index (χ0n) is 18.4. The Kier molecular flexibility index (Phi) is 6.61. The summed E-state index contributed by atoms with van der Waals surface area (Å²) in [7, 11) is 0. The van der Waals surface area contributed by atoms with Gasteiger partial charge in [0.2, 0.25) is 0 Å². The highest BCUT2D eigenvalue weighted by molar-refractivity contribution is 7.13. The van der Waals surface area contributed by atoms with Crippen LogP contribution in [0.4, 0.5) is 10.5 Å². The van der Waals surface area contributed by atoms with Crippen LogP contribution in [0.1, 0.15) is 37.2 Å². The minimum absolute atomic E-state index is 0.0514. The van der Waals surface area contributed by atoms with Crippen molar-refractivity contribution in [2.45, 2.75) is 38.8 Å². The van der Waals surface area contributed by atoms with Crippen molar-refractivity contribution in [3.8, 4) is 0 Å². The number of fused-ring (bicyclic) bond motifs is 5. The highest BCUT2D eigenvalue weighted by atomic mass is 32.1. The average Bonchev–Trinajstić information content (AvgIpc) is 3.25. The molecule has 0 atom stereocenters. The lowest BCUT2D eigenvalue weighted by Gasteiger charge is -2.31. The molecule has 1 aromatic heterocycles. The lowest BCUT2D eigenvalue weighted by molar-refractivity contribution is -0.122. The third-order valence-electron chi connectivity index (χ3n) is 6.55. The van der Waals surface area contributed by atoms with Gasteiger partial charge in [0.25, 0.3) is 12.4 Å². The van der Waals surface area contributed by atoms with Crippen LogP contribution in [0.15, 0.2) is 18.2 Å². The van der Waals surface area contributed by atoms with E-state index in [4.69, 9.17) is 9.90 Å². The van der Waals surface area contributed by atoms with Crippen LogP contribution in [0.3, 0.4) is 0 Å². The first-order valence-electron chi connectivity index (χ1n) is 11.0. The van der Waals surface area contributed by atoms with Gasteiger partial charge in [0, 0.05) is 62.4 Å². The Labute approximate surface area is 191 Å². The Morgan fingerprint density at radius 3 is 2.53 bits per heavy atom. The van der Waals surface area contributed by atoms with Crippen LogP contribution in [0.2, 0.25) is 0 Å². The lowest BCUT2D eigenvalue weighted by atomic mass is 10.0. The Hall–Kier alpha value is -2.72. The molecule has 4 aliphatic heterocycles. The first-order chi connectivity index (χ1) is 15.4. The van der Waals surface area contributed by atoms with Gasteiger partial charge in [-0.3, -0.25) is 14.5 Å². The van der Waals surface area contributed by atoms with Crippen molar-refractivity contribution in [2.75, 3.05) is 44.2 Å². The Bertz CT molecular complexity index is 1000. The molecule has 5 heterocycles. The van der Waals surface area contributed by atoms with Crippen molar-refractivity contribution in [1.29, 1.82) is 0 Å². The number of anilines is 1. The monoisotopic (exact) mass is 459 g/mol. The van der Waals surface area contributed by atoms with Gasteiger partial charge < -0.3 is 19.8 Å². The minimum atomic E-state index is -0.250. The molecular weight excluding hydrogens is 430 g/mol. The highest BCUT2D eigenvalue weighted by Crippen LogP contribution is 2.31. The molecule has 1 aromatic carbocycles. The van der Waals surface area contributed by atoms with Crippen LogP contribution in [-0.2, 0) is 4.79 Å². The largest absolute Gasteiger partial charge is 0.483 e. The van der Waals surface area contributed by atoms with E-state index in [-0.39, 0.29) is 24.5 Å². The van der Waals surface area contributed by atoms with Gasteiger partial charge in [-0.15, -0.1) is 0 Å². The van der Waals surface area contributed by atoms with Gasteiger partial charge in [-0.2, -0.15) is 4.37 Å². The fraction of sp³-hybridized carbons (Fsp3) is 0.545. The van der Waals surface area contributed by atoms with Gasteiger partial charge in [0.05, 0.1) is 4.70 Å². The maximum atomic E-state index is 13.3. The topological polar surface area (TPSA) is 97.3 Å². The van der Waals surface area contributed by atoms with Crippen molar-refractivity contribution < 1.29 is 19.5 Å². The summed E-state index contributed by atoms with van der Waals surface area (Å²) >= 11 is 1.35. The molecule has 2 aromatic rings. The maximum Gasteiger partial charge on any atom is 0.324 e. The summed E-state index contributed by atoms with van der Waals surface area (Å²) in [6, 6.07) is 6.51. The van der Waals surface area contributed by atoms with E-state index in [1.807, 2.05) is 46.7 Å². The van der Waals surface area contributed by atoms with E-state index < -0.39 is 0 Å². The van der Waals surface area contributed by atoms with Crippen LogP contribution >= 0.6 is 11.5 Å². The quantitative estimate of drug-likeness (QED) is 0.709. The first-order valence-corrected chi connectivity index (χ1v) is 11.8. The highest BCUT2D eigenvalue weighted by Gasteiger charge is 2.34. The molecule has 2 bridgehead atoms. The average molecular weight is 460 g/mol. The van der Waals surface area contributed by atoms with Gasteiger partial charge in [-0.05, 0) is 56.4 Å². The van der Waals surface area contributed by atoms with Crippen LogP contribution < -0.4 is 4.90 Å². The van der Waals surface area contributed by atoms with E-state index in [1.54, 1.807) is 0 Å². The third-order valence-corrected chi connectivity index (χ3v) is 7.36. The third kappa shape index (κ3) is 4.16. The summed E-state index contributed by atoms with van der Waals surface area (Å²) in [6.45, 7) is 9.19. The molecule has 9 nitrogen and oxygen atoms in total. The molecule has 6 rings (SSSR count). The molecule has 0 spiro atoms. The van der Waals surface area contributed by atoms with E-state index >= 15 is 0 Å². The Balaban J connectivity index is 0.000000775. The summed E-state index contributed by atoms with van der Waals surface area (Å²) in [5.74, 6) is 0.0565. The predicted molar refractivity (Wildman–Crippen MR) is 123 cm³/mol. The van der Waals surface area contributed by atoms with E-state index in [9.17, 15) is 9.59 Å². The van der Waals surface area contributed by atoms with Gasteiger partial charge in [0.15, 0.2) is 0 Å². The standard InChI is InChI=1S/C21H27N5O2S.CH2O2/c1-14(2)24-11-12-26(21(24)28)16-3-4-17-18(13-16)29-22-19(17)20(27)25-10-9-23-7-5-15(25)6-8-23;2-1-3/h3-4,13-15H,5-12H2,1-2H3;1H,(H,2,3). The predicted octanol–water partition coefficient (Wildman–Crippen LogP) is 2.57. The van der Waals surface area contributed by atoms with Crippen molar-refractivity contribution in [1.82, 2.24) is 19.1 Å². The number of rotatable bonds is 3. The van der Waals surface area contributed by atoms with Crippen LogP contribution in [0, 0.1) is 0 Å². The second-order valence-electron chi connectivity index (χ2n) is 8.61. The minimum Gasteiger partial charge on any atom is -0.483 e. The normalized spacial score (nSPS) is 22.8. The van der Waals surface area contributed by atoms with E-state index in [1.165, 1.54) is 11.5 Å². The summed E-state index contributed by atoms with van der Waals surface area (Å²) in [6.07, 6.45) is 2.11. The molecule has 0 saturated carbocycles. The molecule has 0 radical (unpaired) electrons. The zero-order valence-corrected chi connectivity index (χ0v) is 19.3. The summed E-state index contributed by atoms with van der Waals surface area (Å²) < 4.78 is 5.50. The molecular formula is C22H29N5O4S. The van der Waals surface area contributed by atoms with Crippen LogP contribution in [0.25, 0.3) is 10.1 Å². The summed E-state index contributed by atoms with van der Waals surface area (Å²) in [4.78, 5) is 42.5. The van der Waals surface area contributed by atoms with Gasteiger partial charge >= 0.3 is 6.03 Å². The summed E-state index contributed by atoms with van der Waals surface area (Å²) in [5.41, 5.74) is 1.45. The number of piperidine rings is 1. The van der Waals surface area contributed by atoms with Gasteiger partial charge in [-0.1, -0.05) is 0 Å². The van der Waals surface area contributed by atoms with E-state index in [0.717, 1.165) is 61.3 Å². The maximum absolute atomic E-state index is 13.3. The van der Waals surface area contributed by atoms with E-state index in [0.29, 0.717) is 18.3 Å². The molecule has 1 N–H and O–H groups in total. The SMILES string of the molecule is CC(C)N1CCN(c2ccc3c(C(=O)N4CCN5CCC4CC5)nsc3c2)C1=O.O=CO. The Morgan fingerprint density at radius 1 is 1.16 bits per heavy atom. The zero-order chi connectivity index (χ0) is 22.8. The van der Waals surface area contributed by atoms with Crippen molar-refractivity contribution in [2.24, 2.45) is 0 Å².